The van der Waals surface area contributed by atoms with E-state index in [2.05, 4.69) is 0 Å². The standard InChI is InChI=1S/C29H27NO5/c1-19-25(33-17-21-9-5-3-6-10-21)14-13-24-26(31)20(2)27(35-28(19)24)23-15-30(16-23)29(32)34-18-22-11-7-4-8-12-22/h3-14,23H,15-18H2,1-2H3. The minimum absolute atomic E-state index is 0.0512. The summed E-state index contributed by atoms with van der Waals surface area (Å²) in [6.45, 7) is 5.25. The number of nitrogens with zero attached hydrogens (tertiary/aromatic N) is 1. The van der Waals surface area contributed by atoms with Gasteiger partial charge in [-0.05, 0) is 37.1 Å². The molecule has 0 saturated carbocycles. The summed E-state index contributed by atoms with van der Waals surface area (Å²) in [4.78, 5) is 27.2. The molecule has 0 bridgehead atoms. The van der Waals surface area contributed by atoms with Crippen molar-refractivity contribution in [2.45, 2.75) is 33.0 Å². The van der Waals surface area contributed by atoms with E-state index in [1.54, 1.807) is 17.9 Å². The minimum atomic E-state index is -0.362. The molecule has 6 nitrogen and oxygen atoms in total. The zero-order valence-corrected chi connectivity index (χ0v) is 19.8. The summed E-state index contributed by atoms with van der Waals surface area (Å²) in [5.41, 5.74) is 3.85. The van der Waals surface area contributed by atoms with Crippen molar-refractivity contribution in [1.29, 1.82) is 0 Å². The van der Waals surface area contributed by atoms with Crippen LogP contribution in [-0.4, -0.2) is 24.1 Å². The van der Waals surface area contributed by atoms with Gasteiger partial charge >= 0.3 is 6.09 Å². The van der Waals surface area contributed by atoms with Gasteiger partial charge in [0.25, 0.3) is 0 Å². The molecule has 4 aromatic rings. The molecule has 5 rings (SSSR count). The predicted octanol–water partition coefficient (Wildman–Crippen LogP) is 5.72. The molecule has 1 amide bonds. The number of fused-ring (bicyclic) bond motifs is 1. The molecule has 0 unspecified atom stereocenters. The fourth-order valence-corrected chi connectivity index (χ4v) is 4.37. The molecule has 6 heteroatoms. The zero-order valence-electron chi connectivity index (χ0n) is 19.8. The Morgan fingerprint density at radius 1 is 0.886 bits per heavy atom. The van der Waals surface area contributed by atoms with Gasteiger partial charge in [0, 0.05) is 24.2 Å². The first-order chi connectivity index (χ1) is 17.0. The van der Waals surface area contributed by atoms with Crippen LogP contribution in [0.3, 0.4) is 0 Å². The van der Waals surface area contributed by atoms with Crippen molar-refractivity contribution in [2.75, 3.05) is 13.1 Å². The van der Waals surface area contributed by atoms with Crippen LogP contribution >= 0.6 is 0 Å². The van der Waals surface area contributed by atoms with Gasteiger partial charge in [0.05, 0.1) is 11.3 Å². The first-order valence-electron chi connectivity index (χ1n) is 11.7. The average molecular weight is 470 g/mol. The maximum atomic E-state index is 13.1. The van der Waals surface area contributed by atoms with Crippen molar-refractivity contribution < 1.29 is 18.7 Å². The fourth-order valence-electron chi connectivity index (χ4n) is 4.37. The highest BCUT2D eigenvalue weighted by atomic mass is 16.6. The SMILES string of the molecule is Cc1c(C2CN(C(=O)OCc3ccccc3)C2)oc2c(C)c(OCc3ccccc3)ccc2c1=O. The van der Waals surface area contributed by atoms with Gasteiger partial charge in [-0.3, -0.25) is 4.79 Å². The van der Waals surface area contributed by atoms with E-state index in [-0.39, 0.29) is 24.0 Å². The van der Waals surface area contributed by atoms with Gasteiger partial charge in [-0.2, -0.15) is 0 Å². The summed E-state index contributed by atoms with van der Waals surface area (Å²) >= 11 is 0. The van der Waals surface area contributed by atoms with Crippen molar-refractivity contribution in [3.05, 3.63) is 111 Å². The Labute approximate surface area is 203 Å². The smallest absolute Gasteiger partial charge is 0.410 e. The molecule has 0 radical (unpaired) electrons. The molecule has 0 N–H and O–H groups in total. The molecule has 35 heavy (non-hydrogen) atoms. The number of benzene rings is 3. The van der Waals surface area contributed by atoms with Crippen molar-refractivity contribution >= 4 is 17.1 Å². The summed E-state index contributed by atoms with van der Waals surface area (Å²) in [5.74, 6) is 1.25. The second-order valence-corrected chi connectivity index (χ2v) is 8.90. The molecule has 1 saturated heterocycles. The second-order valence-electron chi connectivity index (χ2n) is 8.90. The quantitative estimate of drug-likeness (QED) is 0.361. The molecule has 0 spiro atoms. The van der Waals surface area contributed by atoms with Crippen LogP contribution in [0, 0.1) is 13.8 Å². The highest BCUT2D eigenvalue weighted by Gasteiger charge is 2.36. The van der Waals surface area contributed by atoms with Crippen LogP contribution in [0.4, 0.5) is 4.79 Å². The van der Waals surface area contributed by atoms with Gasteiger partial charge in [0.15, 0.2) is 5.43 Å². The molecular formula is C29H27NO5. The molecule has 0 atom stereocenters. The lowest BCUT2D eigenvalue weighted by Gasteiger charge is -2.38. The van der Waals surface area contributed by atoms with Crippen molar-refractivity contribution in [3.8, 4) is 5.75 Å². The lowest BCUT2D eigenvalue weighted by Crippen LogP contribution is -2.49. The Balaban J connectivity index is 1.31. The van der Waals surface area contributed by atoms with Crippen LogP contribution in [0.2, 0.25) is 0 Å². The maximum absolute atomic E-state index is 13.1. The number of hydrogen-bond donors (Lipinski definition) is 0. The summed E-state index contributed by atoms with van der Waals surface area (Å²) in [7, 11) is 0. The summed E-state index contributed by atoms with van der Waals surface area (Å²) in [6, 6.07) is 23.1. The van der Waals surface area contributed by atoms with Crippen molar-refractivity contribution in [1.82, 2.24) is 4.90 Å². The number of rotatable bonds is 6. The fraction of sp³-hybridized carbons (Fsp3) is 0.241. The Morgan fingerprint density at radius 3 is 2.17 bits per heavy atom. The molecule has 2 heterocycles. The number of amides is 1. The Morgan fingerprint density at radius 2 is 1.51 bits per heavy atom. The van der Waals surface area contributed by atoms with Crippen LogP contribution in [0.5, 0.6) is 5.75 Å². The highest BCUT2D eigenvalue weighted by molar-refractivity contribution is 5.82. The zero-order chi connectivity index (χ0) is 24.4. The van der Waals surface area contributed by atoms with E-state index >= 15 is 0 Å². The third kappa shape index (κ3) is 4.64. The summed E-state index contributed by atoms with van der Waals surface area (Å²) < 4.78 is 17.7. The molecule has 3 aromatic carbocycles. The number of carbonyl (C=O) groups is 1. The van der Waals surface area contributed by atoms with E-state index in [1.165, 1.54) is 0 Å². The third-order valence-electron chi connectivity index (χ3n) is 6.48. The molecule has 1 aliphatic rings. The number of carbonyl (C=O) groups excluding carboxylic acids is 1. The lowest BCUT2D eigenvalue weighted by molar-refractivity contribution is 0.0626. The van der Waals surface area contributed by atoms with E-state index in [4.69, 9.17) is 13.9 Å². The molecule has 1 aromatic heterocycles. The Kier molecular flexibility index (Phi) is 6.27. The topological polar surface area (TPSA) is 69.0 Å². The van der Waals surface area contributed by atoms with Crippen molar-refractivity contribution in [3.63, 3.8) is 0 Å². The molecular weight excluding hydrogens is 442 g/mol. The van der Waals surface area contributed by atoms with E-state index in [0.717, 1.165) is 16.7 Å². The van der Waals surface area contributed by atoms with Gasteiger partial charge in [-0.15, -0.1) is 0 Å². The first-order valence-corrected chi connectivity index (χ1v) is 11.7. The average Bonchev–Trinajstić information content (AvgIpc) is 2.86. The van der Waals surface area contributed by atoms with E-state index in [1.807, 2.05) is 73.7 Å². The van der Waals surface area contributed by atoms with Crippen LogP contribution < -0.4 is 10.2 Å². The van der Waals surface area contributed by atoms with Gasteiger partial charge < -0.3 is 18.8 Å². The molecule has 1 fully saturated rings. The number of likely N-dealkylation sites (tertiary alicyclic amines) is 1. The van der Waals surface area contributed by atoms with E-state index in [0.29, 0.717) is 47.7 Å². The van der Waals surface area contributed by atoms with Gasteiger partial charge in [0.1, 0.15) is 30.3 Å². The largest absolute Gasteiger partial charge is 0.488 e. The van der Waals surface area contributed by atoms with Gasteiger partial charge in [-0.25, -0.2) is 4.79 Å². The predicted molar refractivity (Wildman–Crippen MR) is 134 cm³/mol. The minimum Gasteiger partial charge on any atom is -0.488 e. The van der Waals surface area contributed by atoms with Gasteiger partial charge in [-0.1, -0.05) is 60.7 Å². The van der Waals surface area contributed by atoms with Gasteiger partial charge in [0.2, 0.25) is 0 Å². The van der Waals surface area contributed by atoms with Crippen LogP contribution in [0.15, 0.2) is 82.0 Å². The molecule has 178 valence electrons. The van der Waals surface area contributed by atoms with E-state index < -0.39 is 0 Å². The monoisotopic (exact) mass is 469 g/mol. The third-order valence-corrected chi connectivity index (χ3v) is 6.48. The van der Waals surface area contributed by atoms with Crippen LogP contribution in [0.25, 0.3) is 11.0 Å². The molecule has 0 aliphatic carbocycles. The number of ether oxygens (including phenoxy) is 2. The highest BCUT2D eigenvalue weighted by Crippen LogP contribution is 2.34. The second kappa shape index (κ2) is 9.66. The Hall–Kier alpha value is -4.06. The van der Waals surface area contributed by atoms with E-state index in [9.17, 15) is 9.59 Å². The maximum Gasteiger partial charge on any atom is 0.410 e. The molecule has 1 aliphatic heterocycles. The lowest BCUT2D eigenvalue weighted by atomic mass is 9.93. The number of aryl methyl sites for hydroxylation is 1. The Bertz CT molecular complexity index is 1410. The van der Waals surface area contributed by atoms with Crippen molar-refractivity contribution in [2.24, 2.45) is 0 Å². The summed E-state index contributed by atoms with van der Waals surface area (Å²) in [6.07, 6.45) is -0.362. The number of hydrogen-bond acceptors (Lipinski definition) is 5. The van der Waals surface area contributed by atoms with Crippen LogP contribution in [0.1, 0.15) is 33.9 Å². The van der Waals surface area contributed by atoms with Crippen LogP contribution in [-0.2, 0) is 18.0 Å². The summed E-state index contributed by atoms with van der Waals surface area (Å²) in [5, 5.41) is 0.536. The first kappa shape index (κ1) is 22.7. The normalized spacial score (nSPS) is 13.5.